The van der Waals surface area contributed by atoms with Crippen LogP contribution in [0.25, 0.3) is 6.08 Å². The molecule has 1 amide bonds. The average Bonchev–Trinajstić information content (AvgIpc) is 2.67. The minimum absolute atomic E-state index is 0.289. The van der Waals surface area contributed by atoms with Crippen molar-refractivity contribution in [2.45, 2.75) is 13.3 Å². The second kappa shape index (κ2) is 5.73. The van der Waals surface area contributed by atoms with Crippen molar-refractivity contribution >= 4 is 28.9 Å². The van der Waals surface area contributed by atoms with Crippen molar-refractivity contribution in [3.05, 3.63) is 34.7 Å². The molecule has 2 rings (SSSR count). The standard InChI is InChI=1S/C13H14N2O2S/c1-2-7-17-10-6-4-3-5-9(10)8-11-12(16)15-13(14)18-11/h3-6,8H,2,7H2,1H3,(H2,14,15,16)/b11-8+. The Morgan fingerprint density at radius 2 is 2.22 bits per heavy atom. The zero-order chi connectivity index (χ0) is 13.0. The summed E-state index contributed by atoms with van der Waals surface area (Å²) in [5, 5.41) is 0.290. The molecule has 0 saturated heterocycles. The highest BCUT2D eigenvalue weighted by molar-refractivity contribution is 8.18. The summed E-state index contributed by atoms with van der Waals surface area (Å²) >= 11 is 1.18. The number of ether oxygens (including phenoxy) is 1. The molecule has 1 heterocycles. The van der Waals surface area contributed by atoms with Crippen LogP contribution in [0, 0.1) is 0 Å². The summed E-state index contributed by atoms with van der Waals surface area (Å²) in [6.45, 7) is 2.70. The zero-order valence-electron chi connectivity index (χ0n) is 10.1. The van der Waals surface area contributed by atoms with Crippen molar-refractivity contribution < 1.29 is 9.53 Å². The monoisotopic (exact) mass is 262 g/mol. The van der Waals surface area contributed by atoms with Crippen LogP contribution in [0.3, 0.4) is 0 Å². The summed E-state index contributed by atoms with van der Waals surface area (Å²) in [5.41, 5.74) is 6.37. The highest BCUT2D eigenvalue weighted by Gasteiger charge is 2.19. The van der Waals surface area contributed by atoms with E-state index in [0.717, 1.165) is 17.7 Å². The third kappa shape index (κ3) is 2.92. The molecule has 0 unspecified atom stereocenters. The van der Waals surface area contributed by atoms with E-state index >= 15 is 0 Å². The predicted molar refractivity (Wildman–Crippen MR) is 74.4 cm³/mol. The number of aliphatic imine (C=N–C) groups is 1. The van der Waals surface area contributed by atoms with E-state index in [1.807, 2.05) is 31.2 Å². The van der Waals surface area contributed by atoms with Crippen LogP contribution in [0.1, 0.15) is 18.9 Å². The van der Waals surface area contributed by atoms with Gasteiger partial charge >= 0.3 is 0 Å². The summed E-state index contributed by atoms with van der Waals surface area (Å²) in [7, 11) is 0. The number of hydrogen-bond donors (Lipinski definition) is 1. The fourth-order valence-electron chi connectivity index (χ4n) is 1.51. The topological polar surface area (TPSA) is 64.7 Å². The summed E-state index contributed by atoms with van der Waals surface area (Å²) in [6.07, 6.45) is 2.70. The fraction of sp³-hybridized carbons (Fsp3) is 0.231. The van der Waals surface area contributed by atoms with E-state index in [2.05, 4.69) is 4.99 Å². The van der Waals surface area contributed by atoms with Crippen molar-refractivity contribution in [3.63, 3.8) is 0 Å². The molecule has 2 N–H and O–H groups in total. The minimum Gasteiger partial charge on any atom is -0.493 e. The number of nitrogens with zero attached hydrogens (tertiary/aromatic N) is 1. The number of carbonyl (C=O) groups is 1. The van der Waals surface area contributed by atoms with Crippen LogP contribution in [0.2, 0.25) is 0 Å². The number of para-hydroxylation sites is 1. The van der Waals surface area contributed by atoms with Crippen molar-refractivity contribution in [1.82, 2.24) is 0 Å². The Hall–Kier alpha value is -1.75. The lowest BCUT2D eigenvalue weighted by molar-refractivity contribution is -0.113. The molecule has 0 spiro atoms. The Bertz CT molecular complexity index is 523. The molecule has 0 saturated carbocycles. The van der Waals surface area contributed by atoms with E-state index < -0.39 is 0 Å². The van der Waals surface area contributed by atoms with Crippen molar-refractivity contribution in [2.75, 3.05) is 6.61 Å². The SMILES string of the molecule is CCCOc1ccccc1/C=C1/SC(N)=NC1=O. The second-order valence-corrected chi connectivity index (χ2v) is 4.81. The highest BCUT2D eigenvalue weighted by Crippen LogP contribution is 2.29. The first kappa shape index (κ1) is 12.7. The van der Waals surface area contributed by atoms with Crippen LogP contribution in [0.4, 0.5) is 0 Å². The molecule has 1 aromatic rings. The number of amides is 1. The second-order valence-electron chi connectivity index (χ2n) is 3.75. The number of carbonyl (C=O) groups excluding carboxylic acids is 1. The first-order valence-electron chi connectivity index (χ1n) is 5.70. The summed E-state index contributed by atoms with van der Waals surface area (Å²) in [5.74, 6) is 0.480. The summed E-state index contributed by atoms with van der Waals surface area (Å²) < 4.78 is 5.62. The van der Waals surface area contributed by atoms with Gasteiger partial charge in [0.05, 0.1) is 11.5 Å². The molecule has 0 atom stereocenters. The van der Waals surface area contributed by atoms with Gasteiger partial charge in [0.1, 0.15) is 5.75 Å². The number of hydrogen-bond acceptors (Lipinski definition) is 4. The van der Waals surface area contributed by atoms with Crippen molar-refractivity contribution in [2.24, 2.45) is 10.7 Å². The third-order valence-electron chi connectivity index (χ3n) is 2.30. The number of amidine groups is 1. The molecular formula is C13H14N2O2S. The van der Waals surface area contributed by atoms with Gasteiger partial charge < -0.3 is 10.5 Å². The third-order valence-corrected chi connectivity index (χ3v) is 3.12. The van der Waals surface area contributed by atoms with Gasteiger partial charge in [0.2, 0.25) is 0 Å². The van der Waals surface area contributed by atoms with Gasteiger partial charge in [-0.05, 0) is 30.3 Å². The zero-order valence-corrected chi connectivity index (χ0v) is 10.9. The Kier molecular flexibility index (Phi) is 4.04. The smallest absolute Gasteiger partial charge is 0.286 e. The van der Waals surface area contributed by atoms with E-state index in [9.17, 15) is 4.79 Å². The molecule has 0 aromatic heterocycles. The largest absolute Gasteiger partial charge is 0.493 e. The maximum absolute atomic E-state index is 11.5. The normalized spacial score (nSPS) is 17.1. The molecule has 0 fully saturated rings. The molecule has 0 aliphatic carbocycles. The van der Waals surface area contributed by atoms with E-state index in [1.54, 1.807) is 6.08 Å². The lowest BCUT2D eigenvalue weighted by Crippen LogP contribution is -2.01. The van der Waals surface area contributed by atoms with Crippen LogP contribution in [-0.4, -0.2) is 17.7 Å². The van der Waals surface area contributed by atoms with Gasteiger partial charge in [0.25, 0.3) is 5.91 Å². The molecular weight excluding hydrogens is 248 g/mol. The number of thioether (sulfide) groups is 1. The Balaban J connectivity index is 2.24. The maximum atomic E-state index is 11.5. The molecule has 0 radical (unpaired) electrons. The van der Waals surface area contributed by atoms with Gasteiger partial charge in [-0.1, -0.05) is 25.1 Å². The van der Waals surface area contributed by atoms with Gasteiger partial charge in [-0.15, -0.1) is 0 Å². The van der Waals surface area contributed by atoms with E-state index in [4.69, 9.17) is 10.5 Å². The van der Waals surface area contributed by atoms with Crippen molar-refractivity contribution in [3.8, 4) is 5.75 Å². The number of rotatable bonds is 4. The van der Waals surface area contributed by atoms with E-state index in [1.165, 1.54) is 11.8 Å². The highest BCUT2D eigenvalue weighted by atomic mass is 32.2. The van der Waals surface area contributed by atoms with Gasteiger partial charge in [-0.25, -0.2) is 0 Å². The minimum atomic E-state index is -0.289. The van der Waals surface area contributed by atoms with Gasteiger partial charge in [-0.2, -0.15) is 4.99 Å². The summed E-state index contributed by atoms with van der Waals surface area (Å²) in [6, 6.07) is 7.59. The molecule has 94 valence electrons. The van der Waals surface area contributed by atoms with Gasteiger partial charge in [0.15, 0.2) is 5.17 Å². The van der Waals surface area contributed by atoms with Crippen molar-refractivity contribution in [1.29, 1.82) is 0 Å². The molecule has 1 aromatic carbocycles. The average molecular weight is 262 g/mol. The Labute approximate surface area is 110 Å². The summed E-state index contributed by atoms with van der Waals surface area (Å²) in [4.78, 5) is 15.7. The van der Waals surface area contributed by atoms with Gasteiger partial charge in [0, 0.05) is 5.56 Å². The molecule has 1 aliphatic heterocycles. The van der Waals surface area contributed by atoms with Crippen LogP contribution in [0.15, 0.2) is 34.2 Å². The lowest BCUT2D eigenvalue weighted by atomic mass is 10.2. The lowest BCUT2D eigenvalue weighted by Gasteiger charge is -2.08. The van der Waals surface area contributed by atoms with E-state index in [-0.39, 0.29) is 5.91 Å². The fourth-order valence-corrected chi connectivity index (χ4v) is 2.18. The first-order valence-corrected chi connectivity index (χ1v) is 6.52. The molecule has 18 heavy (non-hydrogen) atoms. The molecule has 0 bridgehead atoms. The first-order chi connectivity index (χ1) is 8.70. The van der Waals surface area contributed by atoms with Gasteiger partial charge in [-0.3, -0.25) is 4.79 Å². The van der Waals surface area contributed by atoms with Crippen LogP contribution in [-0.2, 0) is 4.79 Å². The van der Waals surface area contributed by atoms with Crippen LogP contribution < -0.4 is 10.5 Å². The maximum Gasteiger partial charge on any atom is 0.286 e. The van der Waals surface area contributed by atoms with Crippen LogP contribution in [0.5, 0.6) is 5.75 Å². The van der Waals surface area contributed by atoms with E-state index in [0.29, 0.717) is 16.7 Å². The molecule has 4 nitrogen and oxygen atoms in total. The number of nitrogens with two attached hydrogens (primary N) is 1. The Morgan fingerprint density at radius 1 is 1.44 bits per heavy atom. The predicted octanol–water partition coefficient (Wildman–Crippen LogP) is 2.40. The quantitative estimate of drug-likeness (QED) is 0.846. The molecule has 5 heteroatoms. The molecule has 1 aliphatic rings. The Morgan fingerprint density at radius 3 is 2.89 bits per heavy atom. The van der Waals surface area contributed by atoms with Crippen LogP contribution >= 0.6 is 11.8 Å². The number of benzene rings is 1.